The SMILES string of the molecule is O=C(CN1C(=O)COc2ccc(C(=O)COc3ccc(Cl)cc3)cc21)NCc1ccccn1. The van der Waals surface area contributed by atoms with Gasteiger partial charge in [-0.3, -0.25) is 24.3 Å². The van der Waals surface area contributed by atoms with Gasteiger partial charge in [-0.1, -0.05) is 17.7 Å². The van der Waals surface area contributed by atoms with Crippen molar-refractivity contribution < 1.29 is 23.9 Å². The number of pyridine rings is 1. The van der Waals surface area contributed by atoms with E-state index in [-0.39, 0.29) is 43.9 Å². The minimum atomic E-state index is -0.377. The third kappa shape index (κ3) is 5.67. The summed E-state index contributed by atoms with van der Waals surface area (Å²) in [6.45, 7) is -0.347. The van der Waals surface area contributed by atoms with Gasteiger partial charge in [0.15, 0.2) is 19.0 Å². The molecule has 0 aliphatic carbocycles. The second-order valence-electron chi connectivity index (χ2n) is 7.21. The summed E-state index contributed by atoms with van der Waals surface area (Å²) in [6, 6.07) is 16.8. The zero-order valence-electron chi connectivity index (χ0n) is 17.5. The molecule has 0 fully saturated rings. The highest BCUT2D eigenvalue weighted by Crippen LogP contribution is 2.33. The van der Waals surface area contributed by atoms with Gasteiger partial charge in [-0.25, -0.2) is 0 Å². The van der Waals surface area contributed by atoms with Crippen molar-refractivity contribution in [1.29, 1.82) is 0 Å². The third-order valence-electron chi connectivity index (χ3n) is 4.90. The number of carbonyl (C=O) groups excluding carboxylic acids is 3. The van der Waals surface area contributed by atoms with Crippen molar-refractivity contribution in [2.75, 3.05) is 24.7 Å². The van der Waals surface area contributed by atoms with E-state index < -0.39 is 0 Å². The highest BCUT2D eigenvalue weighted by atomic mass is 35.5. The van der Waals surface area contributed by atoms with Gasteiger partial charge in [0.05, 0.1) is 17.9 Å². The fourth-order valence-corrected chi connectivity index (χ4v) is 3.33. The van der Waals surface area contributed by atoms with Gasteiger partial charge in [-0.05, 0) is 54.6 Å². The first-order valence-corrected chi connectivity index (χ1v) is 10.5. The van der Waals surface area contributed by atoms with Crippen LogP contribution in [0.25, 0.3) is 0 Å². The van der Waals surface area contributed by atoms with Crippen LogP contribution in [0, 0.1) is 0 Å². The standard InChI is InChI=1S/C24H20ClN3O5/c25-17-5-7-19(8-6-17)32-14-21(29)16-4-9-22-20(11-16)28(24(31)15-33-22)13-23(30)27-12-18-3-1-2-10-26-18/h1-11H,12-15H2,(H,27,30). The first-order valence-electron chi connectivity index (χ1n) is 10.1. The van der Waals surface area contributed by atoms with E-state index >= 15 is 0 Å². The molecule has 4 rings (SSSR count). The van der Waals surface area contributed by atoms with Crippen LogP contribution in [0.4, 0.5) is 5.69 Å². The maximum Gasteiger partial charge on any atom is 0.265 e. The van der Waals surface area contributed by atoms with Crippen molar-refractivity contribution in [3.8, 4) is 11.5 Å². The Bertz CT molecular complexity index is 1170. The Hall–Kier alpha value is -3.91. The van der Waals surface area contributed by atoms with Gasteiger partial charge in [0, 0.05) is 16.8 Å². The van der Waals surface area contributed by atoms with E-state index in [0.717, 1.165) is 0 Å². The molecule has 168 valence electrons. The van der Waals surface area contributed by atoms with Gasteiger partial charge < -0.3 is 14.8 Å². The van der Waals surface area contributed by atoms with Crippen molar-refractivity contribution in [2.45, 2.75) is 6.54 Å². The minimum Gasteiger partial charge on any atom is -0.485 e. The van der Waals surface area contributed by atoms with Crippen LogP contribution in [-0.2, 0) is 16.1 Å². The minimum absolute atomic E-state index is 0.187. The van der Waals surface area contributed by atoms with Crippen molar-refractivity contribution in [3.63, 3.8) is 0 Å². The summed E-state index contributed by atoms with van der Waals surface area (Å²) in [5, 5.41) is 3.31. The number of carbonyl (C=O) groups is 3. The summed E-state index contributed by atoms with van der Waals surface area (Å²) in [7, 11) is 0. The van der Waals surface area contributed by atoms with Gasteiger partial charge >= 0.3 is 0 Å². The van der Waals surface area contributed by atoms with Crippen LogP contribution in [0.15, 0.2) is 66.9 Å². The smallest absolute Gasteiger partial charge is 0.265 e. The number of aromatic nitrogens is 1. The topological polar surface area (TPSA) is 97.8 Å². The molecule has 2 amide bonds. The summed E-state index contributed by atoms with van der Waals surface area (Å²) < 4.78 is 11.0. The average Bonchev–Trinajstić information content (AvgIpc) is 2.84. The maximum atomic E-state index is 12.7. The molecule has 1 aliphatic heterocycles. The van der Waals surface area contributed by atoms with Crippen LogP contribution in [0.5, 0.6) is 11.5 Å². The molecule has 0 spiro atoms. The van der Waals surface area contributed by atoms with Crippen LogP contribution in [-0.4, -0.2) is 42.3 Å². The monoisotopic (exact) mass is 465 g/mol. The first-order chi connectivity index (χ1) is 16.0. The Balaban J connectivity index is 1.43. The van der Waals surface area contributed by atoms with Gasteiger partial charge in [0.1, 0.15) is 18.0 Å². The molecule has 2 aromatic carbocycles. The van der Waals surface area contributed by atoms with Crippen molar-refractivity contribution in [2.24, 2.45) is 0 Å². The van der Waals surface area contributed by atoms with Crippen LogP contribution >= 0.6 is 11.6 Å². The van der Waals surface area contributed by atoms with Crippen LogP contribution < -0.4 is 19.7 Å². The van der Waals surface area contributed by atoms with E-state index in [1.165, 1.54) is 11.0 Å². The lowest BCUT2D eigenvalue weighted by Crippen LogP contribution is -2.45. The Morgan fingerprint density at radius 2 is 1.94 bits per heavy atom. The summed E-state index contributed by atoms with van der Waals surface area (Å²) >= 11 is 5.85. The van der Waals surface area contributed by atoms with Crippen LogP contribution in [0.3, 0.4) is 0 Å². The molecule has 0 saturated carbocycles. The van der Waals surface area contributed by atoms with E-state index in [0.29, 0.717) is 33.5 Å². The number of ketones is 1. The fourth-order valence-electron chi connectivity index (χ4n) is 3.20. The van der Waals surface area contributed by atoms with Gasteiger partial charge in [-0.2, -0.15) is 0 Å². The Morgan fingerprint density at radius 1 is 1.12 bits per heavy atom. The van der Waals surface area contributed by atoms with Crippen LogP contribution in [0.2, 0.25) is 5.02 Å². The van der Waals surface area contributed by atoms with E-state index in [1.54, 1.807) is 54.7 Å². The molecule has 1 aromatic heterocycles. The number of rotatable bonds is 8. The van der Waals surface area contributed by atoms with E-state index in [4.69, 9.17) is 21.1 Å². The predicted molar refractivity (Wildman–Crippen MR) is 122 cm³/mol. The molecule has 0 radical (unpaired) electrons. The number of halogens is 1. The molecule has 0 atom stereocenters. The number of Topliss-reactive ketones (excluding diaryl/α,β-unsaturated/α-hetero) is 1. The highest BCUT2D eigenvalue weighted by molar-refractivity contribution is 6.30. The Labute approximate surface area is 195 Å². The molecule has 8 nitrogen and oxygen atoms in total. The lowest BCUT2D eigenvalue weighted by Gasteiger charge is -2.29. The largest absolute Gasteiger partial charge is 0.485 e. The molecule has 1 aliphatic rings. The number of nitrogens with zero attached hydrogens (tertiary/aromatic N) is 2. The number of hydrogen-bond donors (Lipinski definition) is 1. The summed E-state index contributed by atoms with van der Waals surface area (Å²) in [4.78, 5) is 43.1. The van der Waals surface area contributed by atoms with Gasteiger partial charge in [0.2, 0.25) is 5.91 Å². The Kier molecular flexibility index (Phi) is 6.85. The fraction of sp³-hybridized carbons (Fsp3) is 0.167. The maximum absolute atomic E-state index is 12.7. The summed E-state index contributed by atoms with van der Waals surface area (Å²) in [5.74, 6) is -0.0924. The molecular weight excluding hydrogens is 446 g/mol. The molecule has 2 heterocycles. The number of fused-ring (bicyclic) bond motifs is 1. The zero-order valence-corrected chi connectivity index (χ0v) is 18.2. The second kappa shape index (κ2) is 10.1. The molecule has 0 saturated heterocycles. The molecule has 1 N–H and O–H groups in total. The molecule has 0 unspecified atom stereocenters. The second-order valence-corrected chi connectivity index (χ2v) is 7.65. The van der Waals surface area contributed by atoms with Crippen molar-refractivity contribution in [3.05, 3.63) is 83.1 Å². The third-order valence-corrected chi connectivity index (χ3v) is 5.15. The highest BCUT2D eigenvalue weighted by Gasteiger charge is 2.28. The number of ether oxygens (including phenoxy) is 2. The zero-order chi connectivity index (χ0) is 23.2. The molecule has 3 aromatic rings. The molecular formula is C24H20ClN3O5. The lowest BCUT2D eigenvalue weighted by molar-refractivity contribution is -0.125. The number of hydrogen-bond acceptors (Lipinski definition) is 6. The van der Waals surface area contributed by atoms with E-state index in [2.05, 4.69) is 10.3 Å². The normalized spacial score (nSPS) is 12.5. The first kappa shape index (κ1) is 22.3. The molecule has 0 bridgehead atoms. The summed E-state index contributed by atoms with van der Waals surface area (Å²) in [6.07, 6.45) is 1.64. The average molecular weight is 466 g/mol. The lowest BCUT2D eigenvalue weighted by atomic mass is 10.1. The number of benzene rings is 2. The van der Waals surface area contributed by atoms with Crippen molar-refractivity contribution in [1.82, 2.24) is 10.3 Å². The molecule has 9 heteroatoms. The number of nitrogens with one attached hydrogen (secondary N) is 1. The van der Waals surface area contributed by atoms with E-state index in [1.807, 2.05) is 6.07 Å². The predicted octanol–water partition coefficient (Wildman–Crippen LogP) is 3.04. The van der Waals surface area contributed by atoms with Crippen molar-refractivity contribution >= 4 is 34.9 Å². The van der Waals surface area contributed by atoms with E-state index in [9.17, 15) is 14.4 Å². The number of anilines is 1. The number of amides is 2. The molecule has 33 heavy (non-hydrogen) atoms. The quantitative estimate of drug-likeness (QED) is 0.513. The van der Waals surface area contributed by atoms with Crippen LogP contribution in [0.1, 0.15) is 16.1 Å². The summed E-state index contributed by atoms with van der Waals surface area (Å²) in [5.41, 5.74) is 1.39. The Morgan fingerprint density at radius 3 is 2.70 bits per heavy atom. The van der Waals surface area contributed by atoms with Gasteiger partial charge in [-0.15, -0.1) is 0 Å². The van der Waals surface area contributed by atoms with Gasteiger partial charge in [0.25, 0.3) is 5.91 Å².